The lowest BCUT2D eigenvalue weighted by Gasteiger charge is -2.21. The molecule has 168 valence electrons. The van der Waals surface area contributed by atoms with Crippen molar-refractivity contribution in [2.45, 2.75) is 52.4 Å². The maximum atomic E-state index is 11.0. The predicted octanol–water partition coefficient (Wildman–Crippen LogP) is 5.97. The number of aryl methyl sites for hydroxylation is 1. The second kappa shape index (κ2) is 10.5. The summed E-state index contributed by atoms with van der Waals surface area (Å²) in [5, 5.41) is 3.88. The third-order valence-electron chi connectivity index (χ3n) is 6.09. The van der Waals surface area contributed by atoms with Gasteiger partial charge in [0.05, 0.1) is 12.1 Å². The highest BCUT2D eigenvalue weighted by Gasteiger charge is 2.14. The zero-order chi connectivity index (χ0) is 22.3. The molecule has 0 radical (unpaired) electrons. The van der Waals surface area contributed by atoms with Gasteiger partial charge in [0.2, 0.25) is 11.8 Å². The number of aromatic nitrogens is 1. The quantitative estimate of drug-likeness (QED) is 0.476. The van der Waals surface area contributed by atoms with E-state index < -0.39 is 0 Å². The van der Waals surface area contributed by atoms with Crippen LogP contribution >= 0.6 is 0 Å². The van der Waals surface area contributed by atoms with Gasteiger partial charge < -0.3 is 14.8 Å². The molecule has 0 bridgehead atoms. The summed E-state index contributed by atoms with van der Waals surface area (Å²) in [5.74, 6) is 2.94. The fourth-order valence-corrected chi connectivity index (χ4v) is 4.26. The van der Waals surface area contributed by atoms with E-state index in [0.717, 1.165) is 41.0 Å². The van der Waals surface area contributed by atoms with Crippen molar-refractivity contribution in [2.24, 2.45) is 5.92 Å². The molecule has 1 heterocycles. The van der Waals surface area contributed by atoms with E-state index in [1.54, 1.807) is 0 Å². The Morgan fingerprint density at radius 3 is 2.69 bits per heavy atom. The fourth-order valence-electron chi connectivity index (χ4n) is 4.26. The van der Waals surface area contributed by atoms with Crippen LogP contribution in [0.1, 0.15) is 50.2 Å². The van der Waals surface area contributed by atoms with E-state index in [9.17, 15) is 4.79 Å². The molecule has 1 N–H and O–H groups in total. The summed E-state index contributed by atoms with van der Waals surface area (Å²) in [6, 6.07) is 16.1. The molecule has 3 aromatic rings. The van der Waals surface area contributed by atoms with Crippen LogP contribution in [-0.2, 0) is 11.2 Å². The lowest BCUT2D eigenvalue weighted by atomic mass is 9.90. The van der Waals surface area contributed by atoms with Crippen LogP contribution in [-0.4, -0.2) is 24.0 Å². The smallest absolute Gasteiger partial charge is 0.219 e. The topological polar surface area (TPSA) is 60.5 Å². The first-order chi connectivity index (χ1) is 15.6. The molecule has 0 aliphatic heterocycles. The van der Waals surface area contributed by atoms with Gasteiger partial charge in [-0.15, -0.1) is 0 Å². The van der Waals surface area contributed by atoms with Gasteiger partial charge >= 0.3 is 0 Å². The number of pyridine rings is 1. The van der Waals surface area contributed by atoms with Crippen LogP contribution in [0.15, 0.2) is 48.5 Å². The molecule has 1 amide bonds. The summed E-state index contributed by atoms with van der Waals surface area (Å²) in [6.45, 7) is 5.00. The molecular formula is C27H32N2O3. The van der Waals surface area contributed by atoms with Crippen molar-refractivity contribution in [2.75, 3.05) is 13.2 Å². The van der Waals surface area contributed by atoms with E-state index in [1.165, 1.54) is 44.6 Å². The van der Waals surface area contributed by atoms with Gasteiger partial charge in [0, 0.05) is 24.9 Å². The van der Waals surface area contributed by atoms with E-state index in [1.807, 2.05) is 49.4 Å². The molecule has 1 aliphatic rings. The largest absolute Gasteiger partial charge is 0.493 e. The third kappa shape index (κ3) is 6.00. The van der Waals surface area contributed by atoms with Gasteiger partial charge in [-0.25, -0.2) is 4.98 Å². The van der Waals surface area contributed by atoms with Crippen LogP contribution < -0.4 is 14.8 Å². The minimum atomic E-state index is -0.00615. The fraction of sp³-hybridized carbons (Fsp3) is 0.407. The number of carbonyl (C=O) groups is 1. The molecule has 1 aromatic heterocycles. The number of nitrogens with one attached hydrogen (secondary N) is 1. The van der Waals surface area contributed by atoms with Gasteiger partial charge in [-0.1, -0.05) is 25.3 Å². The standard InChI is InChI=1S/C27H32N2O3/c1-19-16-24(31-18-22-6-4-3-5-7-22)10-12-26(19)32-27-13-9-23-17-21(8-11-25(23)29-27)14-15-28-20(2)30/h8-13,16-17,22H,3-7,14-15,18H2,1-2H3,(H,28,30). The Hall–Kier alpha value is -3.08. The molecule has 5 heteroatoms. The highest BCUT2D eigenvalue weighted by atomic mass is 16.5. The maximum Gasteiger partial charge on any atom is 0.219 e. The Morgan fingerprint density at radius 2 is 1.91 bits per heavy atom. The summed E-state index contributed by atoms with van der Waals surface area (Å²) in [7, 11) is 0. The van der Waals surface area contributed by atoms with Crippen molar-refractivity contribution in [1.82, 2.24) is 10.3 Å². The van der Waals surface area contributed by atoms with Crippen molar-refractivity contribution >= 4 is 16.8 Å². The van der Waals surface area contributed by atoms with Gasteiger partial charge in [-0.05, 0) is 79.6 Å². The summed E-state index contributed by atoms with van der Waals surface area (Å²) < 4.78 is 12.1. The highest BCUT2D eigenvalue weighted by Crippen LogP contribution is 2.30. The Balaban J connectivity index is 1.38. The number of fused-ring (bicyclic) bond motifs is 1. The number of hydrogen-bond donors (Lipinski definition) is 1. The number of nitrogens with zero attached hydrogens (tertiary/aromatic N) is 1. The molecule has 2 aromatic carbocycles. The molecule has 1 fully saturated rings. The molecule has 5 nitrogen and oxygen atoms in total. The van der Waals surface area contributed by atoms with E-state index >= 15 is 0 Å². The van der Waals surface area contributed by atoms with Gasteiger partial charge in [0.1, 0.15) is 11.5 Å². The summed E-state index contributed by atoms with van der Waals surface area (Å²) in [4.78, 5) is 15.7. The molecule has 0 atom stereocenters. The minimum Gasteiger partial charge on any atom is -0.493 e. The van der Waals surface area contributed by atoms with Crippen LogP contribution in [0.25, 0.3) is 10.9 Å². The van der Waals surface area contributed by atoms with Gasteiger partial charge in [0.25, 0.3) is 0 Å². The normalized spacial score (nSPS) is 14.3. The van der Waals surface area contributed by atoms with E-state index in [-0.39, 0.29) is 5.91 Å². The summed E-state index contributed by atoms with van der Waals surface area (Å²) >= 11 is 0. The Bertz CT molecular complexity index is 1070. The second-order valence-corrected chi connectivity index (χ2v) is 8.75. The van der Waals surface area contributed by atoms with Crippen molar-refractivity contribution in [3.63, 3.8) is 0 Å². The van der Waals surface area contributed by atoms with Crippen molar-refractivity contribution < 1.29 is 14.3 Å². The van der Waals surface area contributed by atoms with Crippen LogP contribution in [0.5, 0.6) is 17.4 Å². The molecule has 0 saturated heterocycles. The predicted molar refractivity (Wildman–Crippen MR) is 127 cm³/mol. The van der Waals surface area contributed by atoms with Crippen LogP contribution in [0, 0.1) is 12.8 Å². The molecule has 1 saturated carbocycles. The van der Waals surface area contributed by atoms with Crippen molar-refractivity contribution in [3.05, 3.63) is 59.7 Å². The van der Waals surface area contributed by atoms with Crippen LogP contribution in [0.2, 0.25) is 0 Å². The first kappa shape index (κ1) is 22.1. The Kier molecular flexibility index (Phi) is 7.25. The first-order valence-corrected chi connectivity index (χ1v) is 11.6. The average Bonchev–Trinajstić information content (AvgIpc) is 2.80. The van der Waals surface area contributed by atoms with Crippen molar-refractivity contribution in [1.29, 1.82) is 0 Å². The second-order valence-electron chi connectivity index (χ2n) is 8.75. The lowest BCUT2D eigenvalue weighted by molar-refractivity contribution is -0.118. The minimum absolute atomic E-state index is 0.00615. The van der Waals surface area contributed by atoms with Crippen LogP contribution in [0.3, 0.4) is 0 Å². The lowest BCUT2D eigenvalue weighted by Crippen LogP contribution is -2.22. The zero-order valence-corrected chi connectivity index (χ0v) is 19.0. The number of rotatable bonds is 8. The first-order valence-electron chi connectivity index (χ1n) is 11.6. The number of carbonyl (C=O) groups excluding carboxylic acids is 1. The van der Waals surface area contributed by atoms with Crippen LogP contribution in [0.4, 0.5) is 0 Å². The van der Waals surface area contributed by atoms with E-state index in [0.29, 0.717) is 18.3 Å². The molecule has 32 heavy (non-hydrogen) atoms. The Morgan fingerprint density at radius 1 is 1.06 bits per heavy atom. The molecule has 4 rings (SSSR count). The summed E-state index contributed by atoms with van der Waals surface area (Å²) in [5.41, 5.74) is 3.08. The highest BCUT2D eigenvalue weighted by molar-refractivity contribution is 5.80. The SMILES string of the molecule is CC(=O)NCCc1ccc2nc(Oc3ccc(OCC4CCCCC4)cc3C)ccc2c1. The number of benzene rings is 2. The average molecular weight is 433 g/mol. The third-order valence-corrected chi connectivity index (χ3v) is 6.09. The van der Waals surface area contributed by atoms with Gasteiger partial charge in [-0.3, -0.25) is 4.79 Å². The maximum absolute atomic E-state index is 11.0. The summed E-state index contributed by atoms with van der Waals surface area (Å²) in [6.07, 6.45) is 7.38. The molecule has 0 spiro atoms. The van der Waals surface area contributed by atoms with E-state index in [2.05, 4.69) is 16.4 Å². The molecule has 0 unspecified atom stereocenters. The van der Waals surface area contributed by atoms with Gasteiger partial charge in [0.15, 0.2) is 0 Å². The number of ether oxygens (including phenoxy) is 2. The zero-order valence-electron chi connectivity index (χ0n) is 19.0. The molecular weight excluding hydrogens is 400 g/mol. The van der Waals surface area contributed by atoms with E-state index in [4.69, 9.17) is 9.47 Å². The number of amides is 1. The van der Waals surface area contributed by atoms with Crippen molar-refractivity contribution in [3.8, 4) is 17.4 Å². The molecule has 1 aliphatic carbocycles. The monoisotopic (exact) mass is 432 g/mol. The Labute approximate surface area is 190 Å². The number of hydrogen-bond acceptors (Lipinski definition) is 4. The van der Waals surface area contributed by atoms with Gasteiger partial charge in [-0.2, -0.15) is 0 Å².